The molecule has 0 spiro atoms. The van der Waals surface area contributed by atoms with Crippen LogP contribution in [0.2, 0.25) is 0 Å². The molecule has 1 aliphatic carbocycles. The molecule has 116 valence electrons. The zero-order chi connectivity index (χ0) is 16.3. The van der Waals surface area contributed by atoms with E-state index < -0.39 is 16.4 Å². The fraction of sp³-hybridized carbons (Fsp3) is 0.467. The predicted octanol–water partition coefficient (Wildman–Crippen LogP) is 2.09. The average molecular weight is 303 g/mol. The van der Waals surface area contributed by atoms with Crippen LogP contribution >= 0.6 is 0 Å². The molecule has 1 amide bonds. The summed E-state index contributed by atoms with van der Waals surface area (Å²) in [6.45, 7) is 3.04. The molecule has 0 radical (unpaired) electrons. The van der Waals surface area contributed by atoms with Gasteiger partial charge in [0.1, 0.15) is 5.54 Å². The first-order chi connectivity index (χ1) is 10.4. The van der Waals surface area contributed by atoms with Crippen LogP contribution in [0.1, 0.15) is 25.3 Å². The number of amides is 1. The normalized spacial score (nSPS) is 16.2. The van der Waals surface area contributed by atoms with Gasteiger partial charge in [-0.15, -0.1) is 0 Å². The minimum Gasteiger partial charge on any atom is -0.477 e. The van der Waals surface area contributed by atoms with Gasteiger partial charge < -0.3 is 10.1 Å². The molecular weight excluding hydrogens is 286 g/mol. The van der Waals surface area contributed by atoms with Crippen molar-refractivity contribution >= 4 is 11.6 Å². The molecule has 0 saturated heterocycles. The van der Waals surface area contributed by atoms with E-state index in [-0.39, 0.29) is 24.0 Å². The lowest BCUT2D eigenvalue weighted by molar-refractivity contribution is -0.385. The fourth-order valence-electron chi connectivity index (χ4n) is 2.24. The van der Waals surface area contributed by atoms with Crippen LogP contribution in [-0.4, -0.2) is 23.0 Å². The Kier molecular flexibility index (Phi) is 4.31. The minimum atomic E-state index is -0.903. The van der Waals surface area contributed by atoms with E-state index in [4.69, 9.17) is 4.74 Å². The van der Waals surface area contributed by atoms with Gasteiger partial charge in [0.2, 0.25) is 0 Å². The van der Waals surface area contributed by atoms with Crippen LogP contribution in [0.25, 0.3) is 0 Å². The van der Waals surface area contributed by atoms with E-state index in [1.54, 1.807) is 19.9 Å². The highest BCUT2D eigenvalue weighted by molar-refractivity contribution is 5.79. The second-order valence-corrected chi connectivity index (χ2v) is 5.65. The molecule has 0 aromatic heterocycles. The Morgan fingerprint density at radius 2 is 2.27 bits per heavy atom. The summed E-state index contributed by atoms with van der Waals surface area (Å²) in [6.07, 6.45) is 1.82. The van der Waals surface area contributed by atoms with Crippen molar-refractivity contribution in [3.05, 3.63) is 33.9 Å². The lowest BCUT2D eigenvalue weighted by atomic mass is 9.98. The van der Waals surface area contributed by atoms with E-state index >= 15 is 0 Å². The van der Waals surface area contributed by atoms with Crippen molar-refractivity contribution in [2.75, 3.05) is 6.61 Å². The molecule has 0 unspecified atom stereocenters. The van der Waals surface area contributed by atoms with Crippen molar-refractivity contribution in [1.29, 1.82) is 5.26 Å². The smallest absolute Gasteiger partial charge is 0.311 e. The van der Waals surface area contributed by atoms with Crippen molar-refractivity contribution in [2.24, 2.45) is 5.92 Å². The fourth-order valence-corrected chi connectivity index (χ4v) is 2.24. The number of nitriles is 1. The van der Waals surface area contributed by atoms with Gasteiger partial charge in [-0.1, -0.05) is 6.07 Å². The summed E-state index contributed by atoms with van der Waals surface area (Å²) in [4.78, 5) is 22.3. The number of nitro benzene ring substituents is 1. The molecular formula is C15H17N3O4. The molecule has 7 nitrogen and oxygen atoms in total. The standard InChI is InChI=1S/C15H17N3O4/c1-10-3-6-13(12(7-10)18(20)21)22-8-14(19)17-15(2,9-16)11-4-5-11/h3,6-7,11H,4-5,8H2,1-2H3,(H,17,19)/t15-/m0/s1. The number of hydrogen-bond donors (Lipinski definition) is 1. The van der Waals surface area contributed by atoms with E-state index in [0.717, 1.165) is 18.4 Å². The minimum absolute atomic E-state index is 0.0378. The largest absolute Gasteiger partial charge is 0.477 e. The number of carbonyl (C=O) groups excluding carboxylic acids is 1. The Hall–Kier alpha value is -2.62. The molecule has 0 aliphatic heterocycles. The van der Waals surface area contributed by atoms with Crippen molar-refractivity contribution < 1.29 is 14.5 Å². The third kappa shape index (κ3) is 3.52. The lowest BCUT2D eigenvalue weighted by Gasteiger charge is -2.22. The van der Waals surface area contributed by atoms with Gasteiger partial charge in [0.05, 0.1) is 11.0 Å². The van der Waals surface area contributed by atoms with Gasteiger partial charge in [-0.25, -0.2) is 0 Å². The molecule has 0 bridgehead atoms. The third-order valence-electron chi connectivity index (χ3n) is 3.70. The second kappa shape index (κ2) is 6.02. The number of carbonyl (C=O) groups is 1. The van der Waals surface area contributed by atoms with Gasteiger partial charge >= 0.3 is 5.69 Å². The number of ether oxygens (including phenoxy) is 1. The Morgan fingerprint density at radius 3 is 2.82 bits per heavy atom. The van der Waals surface area contributed by atoms with Gasteiger partial charge in [-0.2, -0.15) is 5.26 Å². The number of nitro groups is 1. The molecule has 1 fully saturated rings. The monoisotopic (exact) mass is 303 g/mol. The highest BCUT2D eigenvalue weighted by Gasteiger charge is 2.43. The van der Waals surface area contributed by atoms with Crippen molar-refractivity contribution in [3.63, 3.8) is 0 Å². The number of nitrogens with one attached hydrogen (secondary N) is 1. The zero-order valence-electron chi connectivity index (χ0n) is 12.5. The van der Waals surface area contributed by atoms with Gasteiger partial charge in [-0.3, -0.25) is 14.9 Å². The molecule has 1 saturated carbocycles. The SMILES string of the molecule is Cc1ccc(OCC(=O)N[C@@](C)(C#N)C2CC2)c([N+](=O)[O-])c1. The maximum Gasteiger partial charge on any atom is 0.311 e. The Morgan fingerprint density at radius 1 is 1.59 bits per heavy atom. The van der Waals surface area contributed by atoms with Gasteiger partial charge in [0.25, 0.3) is 5.91 Å². The van der Waals surface area contributed by atoms with Crippen LogP contribution in [0.4, 0.5) is 5.69 Å². The summed E-state index contributed by atoms with van der Waals surface area (Å²) in [5.41, 5.74) is -0.355. The van der Waals surface area contributed by atoms with Crippen molar-refractivity contribution in [2.45, 2.75) is 32.2 Å². The van der Waals surface area contributed by atoms with Crippen LogP contribution < -0.4 is 10.1 Å². The molecule has 1 atom stereocenters. The summed E-state index contributed by atoms with van der Waals surface area (Å²) in [6, 6.07) is 6.63. The Balaban J connectivity index is 2.00. The van der Waals surface area contributed by atoms with Gasteiger partial charge in [-0.05, 0) is 44.2 Å². The van der Waals surface area contributed by atoms with Crippen LogP contribution in [-0.2, 0) is 4.79 Å². The first kappa shape index (κ1) is 15.8. The summed E-state index contributed by atoms with van der Waals surface area (Å²) >= 11 is 0. The van der Waals surface area contributed by atoms with Gasteiger partial charge in [0, 0.05) is 6.07 Å². The summed E-state index contributed by atoms with van der Waals surface area (Å²) in [7, 11) is 0. The molecule has 1 aromatic carbocycles. The van der Waals surface area contributed by atoms with Crippen LogP contribution in [0.3, 0.4) is 0 Å². The van der Waals surface area contributed by atoms with Gasteiger partial charge in [0.15, 0.2) is 12.4 Å². The molecule has 22 heavy (non-hydrogen) atoms. The Bertz CT molecular complexity index is 649. The first-order valence-electron chi connectivity index (χ1n) is 6.96. The molecule has 1 aromatic rings. The second-order valence-electron chi connectivity index (χ2n) is 5.65. The summed E-state index contributed by atoms with van der Waals surface area (Å²) in [5.74, 6) is -0.267. The van der Waals surface area contributed by atoms with Crippen LogP contribution in [0.15, 0.2) is 18.2 Å². The predicted molar refractivity (Wildman–Crippen MR) is 78.2 cm³/mol. The first-order valence-corrected chi connectivity index (χ1v) is 6.96. The highest BCUT2D eigenvalue weighted by atomic mass is 16.6. The topological polar surface area (TPSA) is 105 Å². The van der Waals surface area contributed by atoms with E-state index in [0.29, 0.717) is 0 Å². The number of benzene rings is 1. The third-order valence-corrected chi connectivity index (χ3v) is 3.70. The molecule has 2 rings (SSSR count). The molecule has 1 aliphatic rings. The maximum atomic E-state index is 11.9. The van der Waals surface area contributed by atoms with E-state index in [9.17, 15) is 20.2 Å². The van der Waals surface area contributed by atoms with Crippen molar-refractivity contribution in [3.8, 4) is 11.8 Å². The number of aryl methyl sites for hydroxylation is 1. The number of hydrogen-bond acceptors (Lipinski definition) is 5. The highest BCUT2D eigenvalue weighted by Crippen LogP contribution is 2.39. The lowest BCUT2D eigenvalue weighted by Crippen LogP contribution is -2.48. The molecule has 7 heteroatoms. The van der Waals surface area contributed by atoms with E-state index in [1.165, 1.54) is 12.1 Å². The van der Waals surface area contributed by atoms with Crippen LogP contribution in [0, 0.1) is 34.3 Å². The quantitative estimate of drug-likeness (QED) is 0.640. The summed E-state index contributed by atoms with van der Waals surface area (Å²) in [5, 5.41) is 22.8. The average Bonchev–Trinajstić information content (AvgIpc) is 3.30. The number of nitrogens with zero attached hydrogens (tertiary/aromatic N) is 2. The summed E-state index contributed by atoms with van der Waals surface area (Å²) < 4.78 is 5.24. The zero-order valence-corrected chi connectivity index (χ0v) is 12.5. The Labute approximate surface area is 128 Å². The van der Waals surface area contributed by atoms with Crippen LogP contribution in [0.5, 0.6) is 5.75 Å². The molecule has 0 heterocycles. The van der Waals surface area contributed by atoms with E-state index in [2.05, 4.69) is 11.4 Å². The molecule has 1 N–H and O–H groups in total. The number of rotatable bonds is 6. The van der Waals surface area contributed by atoms with Crippen molar-refractivity contribution in [1.82, 2.24) is 5.32 Å². The maximum absolute atomic E-state index is 11.9. The van der Waals surface area contributed by atoms with E-state index in [1.807, 2.05) is 0 Å².